The predicted molar refractivity (Wildman–Crippen MR) is 190 cm³/mol. The lowest BCUT2D eigenvalue weighted by molar-refractivity contribution is 0.512. The summed E-state index contributed by atoms with van der Waals surface area (Å²) in [7, 11) is 0. The molecule has 0 saturated carbocycles. The lowest BCUT2D eigenvalue weighted by atomic mass is 10.0. The van der Waals surface area contributed by atoms with Gasteiger partial charge in [-0.05, 0) is 18.2 Å². The van der Waals surface area contributed by atoms with Crippen LogP contribution in [0.15, 0.2) is 0 Å². The Bertz CT molecular complexity index is 445. The maximum absolute atomic E-state index is 5.93. The lowest BCUT2D eigenvalue weighted by Crippen LogP contribution is -2.07. The van der Waals surface area contributed by atoms with Gasteiger partial charge in [0.2, 0.25) is 0 Å². The first-order valence-corrected chi connectivity index (χ1v) is 23.6. The smallest absolute Gasteiger partial charge is 0.179 e. The van der Waals surface area contributed by atoms with Crippen molar-refractivity contribution in [1.29, 1.82) is 0 Å². The zero-order valence-corrected chi connectivity index (χ0v) is 30.3. The summed E-state index contributed by atoms with van der Waals surface area (Å²) in [6, 6.07) is -1.54. The van der Waals surface area contributed by atoms with Crippen molar-refractivity contribution in [2.45, 2.75) is 212 Å². The van der Waals surface area contributed by atoms with E-state index in [9.17, 15) is 0 Å². The molecule has 0 N–H and O–H groups in total. The molecule has 0 rings (SSSR count). The molecule has 0 bridgehead atoms. The van der Waals surface area contributed by atoms with Gasteiger partial charge >= 0.3 is 6.00 Å². The third kappa shape index (κ3) is 39.4. The first-order chi connectivity index (χ1) is 19.1. The van der Waals surface area contributed by atoms with E-state index in [2.05, 4.69) is 12.6 Å². The standard InChI is InChI=1S/C34H69Cl3SSi/c35-39(36,37)34-32-30-28-26-24-22-20-18-16-14-12-10-8-6-4-2-1-3-5-7-9-11-13-15-17-19-21-23-25-27-29-31-33-38/h38H,1-34H2. The van der Waals surface area contributed by atoms with Gasteiger partial charge in [0.05, 0.1) is 0 Å². The van der Waals surface area contributed by atoms with Crippen molar-refractivity contribution >= 4 is 51.9 Å². The molecule has 0 unspecified atom stereocenters. The molecule has 0 saturated heterocycles. The minimum atomic E-state index is -2.37. The Kier molecular flexibility index (Phi) is 35.2. The number of rotatable bonds is 34. The summed E-state index contributed by atoms with van der Waals surface area (Å²) in [5, 5.41) is 0. The summed E-state index contributed by atoms with van der Waals surface area (Å²) in [6.07, 6.45) is 45.7. The normalized spacial score (nSPS) is 12.0. The van der Waals surface area contributed by atoms with Crippen LogP contribution in [0, 0.1) is 0 Å². The molecule has 0 aliphatic carbocycles. The molecule has 0 heterocycles. The summed E-state index contributed by atoms with van der Waals surface area (Å²) >= 11 is 22.1. The Morgan fingerprint density at radius 3 is 0.564 bits per heavy atom. The number of hydrogen-bond acceptors (Lipinski definition) is 1. The van der Waals surface area contributed by atoms with Gasteiger partial charge in [0.15, 0.2) is 0 Å². The predicted octanol–water partition coefficient (Wildman–Crippen LogP) is 15.1. The van der Waals surface area contributed by atoms with Crippen molar-refractivity contribution in [3.05, 3.63) is 0 Å². The average Bonchev–Trinajstić information content (AvgIpc) is 2.90. The largest absolute Gasteiger partial charge is 0.341 e. The van der Waals surface area contributed by atoms with Crippen molar-refractivity contribution in [2.75, 3.05) is 5.75 Å². The summed E-state index contributed by atoms with van der Waals surface area (Å²) in [6.45, 7) is 0. The monoisotopic (exact) mass is 642 g/mol. The highest BCUT2D eigenvalue weighted by Gasteiger charge is 2.23. The minimum Gasteiger partial charge on any atom is -0.179 e. The number of unbranched alkanes of at least 4 members (excludes halogenated alkanes) is 31. The molecule has 0 aliphatic rings. The highest BCUT2D eigenvalue weighted by molar-refractivity contribution is 7.80. The van der Waals surface area contributed by atoms with E-state index in [1.165, 1.54) is 199 Å². The van der Waals surface area contributed by atoms with Crippen LogP contribution in [0.4, 0.5) is 0 Å². The molecule has 39 heavy (non-hydrogen) atoms. The summed E-state index contributed by atoms with van der Waals surface area (Å²) in [5.41, 5.74) is 0. The van der Waals surface area contributed by atoms with Crippen molar-refractivity contribution < 1.29 is 0 Å². The highest BCUT2D eigenvalue weighted by Crippen LogP contribution is 2.27. The first-order valence-electron chi connectivity index (χ1n) is 17.7. The molecule has 0 aromatic rings. The Morgan fingerprint density at radius 2 is 0.410 bits per heavy atom. The fourth-order valence-electron chi connectivity index (χ4n) is 5.74. The average molecular weight is 644 g/mol. The Hall–Kier alpha value is 1.44. The van der Waals surface area contributed by atoms with Crippen LogP contribution < -0.4 is 0 Å². The summed E-state index contributed by atoms with van der Waals surface area (Å²) in [5.74, 6) is 1.06. The molecule has 236 valence electrons. The molecule has 0 aliphatic heterocycles. The van der Waals surface area contributed by atoms with E-state index in [0.717, 1.165) is 18.2 Å². The van der Waals surface area contributed by atoms with Crippen LogP contribution in [-0.4, -0.2) is 11.8 Å². The zero-order chi connectivity index (χ0) is 28.5. The minimum absolute atomic E-state index is 0.830. The number of halogens is 3. The summed E-state index contributed by atoms with van der Waals surface area (Å²) in [4.78, 5) is 0. The van der Waals surface area contributed by atoms with E-state index in [1.54, 1.807) is 0 Å². The van der Waals surface area contributed by atoms with E-state index in [0.29, 0.717) is 0 Å². The Labute approximate surface area is 267 Å². The molecular formula is C34H69Cl3SSi. The van der Waals surface area contributed by atoms with E-state index in [1.807, 2.05) is 0 Å². The fraction of sp³-hybridized carbons (Fsp3) is 1.00. The SMILES string of the molecule is SCCCCCCCCCCCCCCCCCCCCCCCCCCCCCCCCCC[Si](Cl)(Cl)Cl. The van der Waals surface area contributed by atoms with E-state index < -0.39 is 6.00 Å². The molecule has 5 heteroatoms. The van der Waals surface area contributed by atoms with Crippen molar-refractivity contribution in [1.82, 2.24) is 0 Å². The molecule has 0 radical (unpaired) electrons. The van der Waals surface area contributed by atoms with Gasteiger partial charge in [-0.2, -0.15) is 12.6 Å². The van der Waals surface area contributed by atoms with Crippen LogP contribution in [0.25, 0.3) is 0 Å². The maximum Gasteiger partial charge on any atom is 0.341 e. The highest BCUT2D eigenvalue weighted by atomic mass is 35.8. The van der Waals surface area contributed by atoms with Crippen LogP contribution in [0.2, 0.25) is 6.04 Å². The van der Waals surface area contributed by atoms with E-state index in [-0.39, 0.29) is 0 Å². The molecular weight excluding hydrogens is 575 g/mol. The van der Waals surface area contributed by atoms with Gasteiger partial charge in [-0.15, -0.1) is 33.2 Å². The fourth-order valence-corrected chi connectivity index (χ4v) is 7.82. The van der Waals surface area contributed by atoms with Crippen LogP contribution >= 0.6 is 45.9 Å². The second kappa shape index (κ2) is 33.9. The van der Waals surface area contributed by atoms with Crippen molar-refractivity contribution in [3.8, 4) is 0 Å². The molecule has 0 atom stereocenters. The van der Waals surface area contributed by atoms with Crippen LogP contribution in [-0.2, 0) is 0 Å². The number of hydrogen-bond donors (Lipinski definition) is 1. The third-order valence-corrected chi connectivity index (χ3v) is 11.3. The second-order valence-corrected chi connectivity index (χ2v) is 22.1. The van der Waals surface area contributed by atoms with Crippen LogP contribution in [0.3, 0.4) is 0 Å². The maximum atomic E-state index is 5.93. The van der Waals surface area contributed by atoms with Gasteiger partial charge < -0.3 is 0 Å². The van der Waals surface area contributed by atoms with Gasteiger partial charge in [0, 0.05) is 0 Å². The van der Waals surface area contributed by atoms with E-state index >= 15 is 0 Å². The van der Waals surface area contributed by atoms with Crippen molar-refractivity contribution in [2.24, 2.45) is 0 Å². The van der Waals surface area contributed by atoms with E-state index in [4.69, 9.17) is 33.2 Å². The molecule has 0 spiro atoms. The second-order valence-electron chi connectivity index (χ2n) is 12.4. The molecule has 0 nitrogen and oxygen atoms in total. The lowest BCUT2D eigenvalue weighted by Gasteiger charge is -2.07. The quantitative estimate of drug-likeness (QED) is 0.0307. The molecule has 0 fully saturated rings. The van der Waals surface area contributed by atoms with Gasteiger partial charge in [0.1, 0.15) is 0 Å². The van der Waals surface area contributed by atoms with Gasteiger partial charge in [-0.25, -0.2) is 0 Å². The van der Waals surface area contributed by atoms with Crippen LogP contribution in [0.5, 0.6) is 0 Å². The number of thiol groups is 1. The third-order valence-electron chi connectivity index (χ3n) is 8.37. The Balaban J connectivity index is 3.04. The molecule has 0 aromatic carbocycles. The van der Waals surface area contributed by atoms with Crippen molar-refractivity contribution in [3.63, 3.8) is 0 Å². The van der Waals surface area contributed by atoms with Gasteiger partial charge in [-0.3, -0.25) is 0 Å². The molecule has 0 aromatic heterocycles. The zero-order valence-electron chi connectivity index (χ0n) is 26.1. The molecule has 0 amide bonds. The first kappa shape index (κ1) is 40.4. The van der Waals surface area contributed by atoms with Gasteiger partial charge in [-0.1, -0.05) is 199 Å². The topological polar surface area (TPSA) is 0 Å². The summed E-state index contributed by atoms with van der Waals surface area (Å²) < 4.78 is 0. The van der Waals surface area contributed by atoms with Gasteiger partial charge in [0.25, 0.3) is 0 Å². The Morgan fingerprint density at radius 1 is 0.256 bits per heavy atom. The van der Waals surface area contributed by atoms with Crippen LogP contribution in [0.1, 0.15) is 205 Å².